The molecule has 0 aliphatic heterocycles. The predicted molar refractivity (Wildman–Crippen MR) is 97.6 cm³/mol. The second kappa shape index (κ2) is 7.77. The first-order valence-corrected chi connectivity index (χ1v) is 9.24. The van der Waals surface area contributed by atoms with E-state index in [9.17, 15) is 9.90 Å². The van der Waals surface area contributed by atoms with Crippen LogP contribution in [0.3, 0.4) is 0 Å². The lowest BCUT2D eigenvalue weighted by molar-refractivity contribution is -0.128. The molecular weight excluding hydrogens is 318 g/mol. The molecule has 3 rings (SSSR count). The van der Waals surface area contributed by atoms with Crippen molar-refractivity contribution in [1.82, 2.24) is 4.90 Å². The van der Waals surface area contributed by atoms with Gasteiger partial charge >= 0.3 is 0 Å². The van der Waals surface area contributed by atoms with Gasteiger partial charge in [-0.3, -0.25) is 4.79 Å². The molecule has 1 aliphatic carbocycles. The third-order valence-electron chi connectivity index (χ3n) is 4.37. The van der Waals surface area contributed by atoms with Crippen molar-refractivity contribution in [3.63, 3.8) is 0 Å². The number of amides is 1. The van der Waals surface area contributed by atoms with E-state index in [-0.39, 0.29) is 5.91 Å². The summed E-state index contributed by atoms with van der Waals surface area (Å²) in [5.41, 5.74) is 2.23. The zero-order valence-corrected chi connectivity index (χ0v) is 14.7. The minimum absolute atomic E-state index is 0.0149. The van der Waals surface area contributed by atoms with E-state index in [0.717, 1.165) is 16.0 Å². The maximum absolute atomic E-state index is 12.7. The molecule has 24 heavy (non-hydrogen) atoms. The number of aliphatic hydroxyl groups is 1. The van der Waals surface area contributed by atoms with Gasteiger partial charge in [-0.2, -0.15) is 0 Å². The van der Waals surface area contributed by atoms with E-state index in [0.29, 0.717) is 19.0 Å². The summed E-state index contributed by atoms with van der Waals surface area (Å²) >= 11 is 1.52. The van der Waals surface area contributed by atoms with E-state index in [1.165, 1.54) is 24.2 Å². The van der Waals surface area contributed by atoms with Crippen LogP contribution in [0.5, 0.6) is 0 Å². The molecule has 1 aromatic heterocycles. The average molecular weight is 341 g/mol. The maximum Gasteiger partial charge on any atom is 0.246 e. The zero-order chi connectivity index (χ0) is 16.9. The quantitative estimate of drug-likeness (QED) is 0.768. The summed E-state index contributed by atoms with van der Waals surface area (Å²) in [5, 5.41) is 12.4. The van der Waals surface area contributed by atoms with Gasteiger partial charge in [-0.25, -0.2) is 0 Å². The van der Waals surface area contributed by atoms with Crippen LogP contribution in [-0.4, -0.2) is 22.5 Å². The van der Waals surface area contributed by atoms with Gasteiger partial charge < -0.3 is 10.0 Å². The minimum Gasteiger partial charge on any atom is -0.386 e. The van der Waals surface area contributed by atoms with E-state index in [1.807, 2.05) is 54.8 Å². The molecule has 1 saturated carbocycles. The van der Waals surface area contributed by atoms with Crippen molar-refractivity contribution in [1.29, 1.82) is 0 Å². The molecular formula is C20H23NO2S. The number of hydrogen-bond acceptors (Lipinski definition) is 3. The van der Waals surface area contributed by atoms with E-state index >= 15 is 0 Å². The molecule has 1 amide bonds. The number of carbonyl (C=O) groups is 1. The van der Waals surface area contributed by atoms with Gasteiger partial charge in [0.1, 0.15) is 6.10 Å². The Hall–Kier alpha value is -1.91. The van der Waals surface area contributed by atoms with E-state index in [2.05, 4.69) is 0 Å². The lowest BCUT2D eigenvalue weighted by atomic mass is 10.1. The van der Waals surface area contributed by atoms with Crippen molar-refractivity contribution in [3.8, 4) is 0 Å². The molecule has 0 bridgehead atoms. The van der Waals surface area contributed by atoms with Gasteiger partial charge in [0.25, 0.3) is 0 Å². The van der Waals surface area contributed by atoms with Crippen LogP contribution >= 0.6 is 11.3 Å². The molecule has 3 nitrogen and oxygen atoms in total. The molecule has 1 unspecified atom stereocenters. The average Bonchev–Trinajstić information content (AvgIpc) is 3.29. The van der Waals surface area contributed by atoms with E-state index < -0.39 is 6.10 Å². The Labute approximate surface area is 147 Å². The number of thiophene rings is 1. The highest BCUT2D eigenvalue weighted by Gasteiger charge is 2.25. The van der Waals surface area contributed by atoms with Crippen molar-refractivity contribution < 1.29 is 9.90 Å². The number of carbonyl (C=O) groups excluding carboxylic acids is 1. The van der Waals surface area contributed by atoms with Gasteiger partial charge in [-0.15, -0.1) is 11.3 Å². The maximum atomic E-state index is 12.7. The summed E-state index contributed by atoms with van der Waals surface area (Å²) in [4.78, 5) is 15.4. The molecule has 1 aliphatic rings. The fourth-order valence-electron chi connectivity index (χ4n) is 2.76. The number of allylic oxidation sites excluding steroid dienone is 1. The first-order valence-electron chi connectivity index (χ1n) is 8.36. The van der Waals surface area contributed by atoms with Crippen molar-refractivity contribution >= 4 is 17.2 Å². The molecule has 1 atom stereocenters. The molecule has 1 aromatic carbocycles. The number of hydrogen-bond donors (Lipinski definition) is 1. The molecule has 2 aromatic rings. The van der Waals surface area contributed by atoms with Crippen LogP contribution in [0.4, 0.5) is 0 Å². The fourth-order valence-corrected chi connectivity index (χ4v) is 3.46. The Morgan fingerprint density at radius 3 is 2.67 bits per heavy atom. The molecule has 1 heterocycles. The lowest BCUT2D eigenvalue weighted by Gasteiger charge is -2.24. The van der Waals surface area contributed by atoms with Crippen LogP contribution in [-0.2, 0) is 11.3 Å². The van der Waals surface area contributed by atoms with Crippen LogP contribution in [0.15, 0.2) is 59.5 Å². The Kier molecular flexibility index (Phi) is 5.48. The van der Waals surface area contributed by atoms with Gasteiger partial charge in [0.15, 0.2) is 0 Å². The van der Waals surface area contributed by atoms with Crippen LogP contribution in [0.25, 0.3) is 0 Å². The molecule has 4 heteroatoms. The summed E-state index contributed by atoms with van der Waals surface area (Å²) in [7, 11) is 0. The Morgan fingerprint density at radius 1 is 1.29 bits per heavy atom. The number of aliphatic hydroxyl groups excluding tert-OH is 1. The van der Waals surface area contributed by atoms with E-state index in [4.69, 9.17) is 0 Å². The normalized spacial score (nSPS) is 16.0. The summed E-state index contributed by atoms with van der Waals surface area (Å²) in [6.07, 6.45) is 3.48. The van der Waals surface area contributed by atoms with Gasteiger partial charge in [-0.05, 0) is 42.7 Å². The first kappa shape index (κ1) is 16.9. The highest BCUT2D eigenvalue weighted by molar-refractivity contribution is 7.10. The van der Waals surface area contributed by atoms with Crippen LogP contribution in [0.1, 0.15) is 36.3 Å². The zero-order valence-electron chi connectivity index (χ0n) is 13.9. The number of rotatable bonds is 7. The molecule has 126 valence electrons. The minimum atomic E-state index is -0.646. The summed E-state index contributed by atoms with van der Waals surface area (Å²) in [5.74, 6) is 0.564. The SMILES string of the molecule is C/C(=C/C(=O)N(Cc1ccccc1)CC(O)c1cccs1)C1CC1. The highest BCUT2D eigenvalue weighted by atomic mass is 32.1. The lowest BCUT2D eigenvalue weighted by Crippen LogP contribution is -2.33. The highest BCUT2D eigenvalue weighted by Crippen LogP contribution is 2.36. The molecule has 0 spiro atoms. The molecule has 1 fully saturated rings. The van der Waals surface area contributed by atoms with Gasteiger partial charge in [0.2, 0.25) is 5.91 Å². The number of nitrogens with zero attached hydrogens (tertiary/aromatic N) is 1. The Bertz CT molecular complexity index is 690. The first-order chi connectivity index (χ1) is 11.6. The second-order valence-corrected chi connectivity index (χ2v) is 7.38. The van der Waals surface area contributed by atoms with Crippen LogP contribution < -0.4 is 0 Å². The third kappa shape index (κ3) is 4.56. The predicted octanol–water partition coefficient (Wildman–Crippen LogP) is 4.17. The summed E-state index contributed by atoms with van der Waals surface area (Å²) < 4.78 is 0. The largest absolute Gasteiger partial charge is 0.386 e. The van der Waals surface area contributed by atoms with Crippen molar-refractivity contribution in [3.05, 3.63) is 69.9 Å². The van der Waals surface area contributed by atoms with E-state index in [1.54, 1.807) is 11.0 Å². The third-order valence-corrected chi connectivity index (χ3v) is 5.34. The molecule has 0 saturated heterocycles. The smallest absolute Gasteiger partial charge is 0.246 e. The summed E-state index contributed by atoms with van der Waals surface area (Å²) in [6, 6.07) is 13.8. The van der Waals surface area contributed by atoms with Crippen molar-refractivity contribution in [2.45, 2.75) is 32.4 Å². The number of benzene rings is 1. The Balaban J connectivity index is 1.74. The molecule has 1 N–H and O–H groups in total. The van der Waals surface area contributed by atoms with Crippen LogP contribution in [0, 0.1) is 5.92 Å². The standard InChI is InChI=1S/C20H23NO2S/c1-15(17-9-10-17)12-20(23)21(13-16-6-3-2-4-7-16)14-18(22)19-8-5-11-24-19/h2-8,11-12,17-18,22H,9-10,13-14H2,1H3/b15-12-. The monoisotopic (exact) mass is 341 g/mol. The second-order valence-electron chi connectivity index (χ2n) is 6.40. The fraction of sp³-hybridized carbons (Fsp3) is 0.350. The van der Waals surface area contributed by atoms with Crippen molar-refractivity contribution in [2.24, 2.45) is 5.92 Å². The Morgan fingerprint density at radius 2 is 2.04 bits per heavy atom. The van der Waals surface area contributed by atoms with Gasteiger partial charge in [-0.1, -0.05) is 42.0 Å². The topological polar surface area (TPSA) is 40.5 Å². The molecule has 0 radical (unpaired) electrons. The van der Waals surface area contributed by atoms with Gasteiger partial charge in [0.05, 0.1) is 6.54 Å². The van der Waals surface area contributed by atoms with Crippen LogP contribution in [0.2, 0.25) is 0 Å². The van der Waals surface area contributed by atoms with Crippen molar-refractivity contribution in [2.75, 3.05) is 6.54 Å². The van der Waals surface area contributed by atoms with Gasteiger partial charge in [0, 0.05) is 17.5 Å². The summed E-state index contributed by atoms with van der Waals surface area (Å²) in [6.45, 7) is 2.85.